The molecule has 5 nitrogen and oxygen atoms in total. The van der Waals surface area contributed by atoms with Crippen LogP contribution in [0.2, 0.25) is 5.02 Å². The molecule has 20 heavy (non-hydrogen) atoms. The minimum atomic E-state index is -0.947. The summed E-state index contributed by atoms with van der Waals surface area (Å²) in [7, 11) is 0. The van der Waals surface area contributed by atoms with Crippen LogP contribution >= 0.6 is 11.6 Å². The second kappa shape index (κ2) is 4.94. The zero-order chi connectivity index (χ0) is 14.1. The Hall–Kier alpha value is -2.40. The van der Waals surface area contributed by atoms with E-state index in [1.54, 1.807) is 36.4 Å². The minimum Gasteiger partial charge on any atom is -0.478 e. The van der Waals surface area contributed by atoms with Gasteiger partial charge in [0.15, 0.2) is 0 Å². The first-order valence-corrected chi connectivity index (χ1v) is 6.32. The fraction of sp³-hybridized carbons (Fsp3) is 0.0714. The maximum absolute atomic E-state index is 10.9. The maximum atomic E-state index is 10.9. The number of carboxylic acids is 1. The molecule has 0 atom stereocenters. The van der Waals surface area contributed by atoms with E-state index in [0.717, 1.165) is 11.1 Å². The number of aromatic nitrogens is 3. The molecule has 0 aliphatic rings. The van der Waals surface area contributed by atoms with Crippen LogP contribution in [0.1, 0.15) is 15.9 Å². The van der Waals surface area contributed by atoms with Crippen LogP contribution in [0.5, 0.6) is 0 Å². The van der Waals surface area contributed by atoms with Gasteiger partial charge >= 0.3 is 5.97 Å². The van der Waals surface area contributed by atoms with E-state index in [-0.39, 0.29) is 5.56 Å². The highest BCUT2D eigenvalue weighted by Crippen LogP contribution is 2.16. The molecule has 0 radical (unpaired) electrons. The molecule has 2 aromatic carbocycles. The third-order valence-electron chi connectivity index (χ3n) is 2.88. The fourth-order valence-electron chi connectivity index (χ4n) is 1.97. The summed E-state index contributed by atoms with van der Waals surface area (Å²) in [6.07, 6.45) is 0. The summed E-state index contributed by atoms with van der Waals surface area (Å²) in [5.74, 6) is -0.947. The second-order valence-electron chi connectivity index (χ2n) is 4.37. The van der Waals surface area contributed by atoms with Crippen LogP contribution in [0, 0.1) is 0 Å². The van der Waals surface area contributed by atoms with E-state index in [2.05, 4.69) is 10.2 Å². The van der Waals surface area contributed by atoms with Crippen LogP contribution in [0.15, 0.2) is 42.5 Å². The number of nitrogens with zero attached hydrogens (tertiary/aromatic N) is 3. The molecule has 0 saturated carbocycles. The van der Waals surface area contributed by atoms with Crippen LogP contribution in [0.3, 0.4) is 0 Å². The zero-order valence-electron chi connectivity index (χ0n) is 10.3. The van der Waals surface area contributed by atoms with Crippen molar-refractivity contribution in [2.24, 2.45) is 0 Å². The molecule has 3 rings (SSSR count). The van der Waals surface area contributed by atoms with E-state index in [9.17, 15) is 4.79 Å². The Kier molecular flexibility index (Phi) is 3.12. The molecule has 0 saturated heterocycles. The standard InChI is InChI=1S/C14H10ClN3O2/c15-11-4-5-12-13(7-11)17-18(16-12)8-9-2-1-3-10(6-9)14(19)20/h1-7H,8H2,(H,19,20). The van der Waals surface area contributed by atoms with Crippen LogP contribution in [0.25, 0.3) is 11.0 Å². The molecule has 0 amide bonds. The molecule has 0 aliphatic heterocycles. The molecule has 0 spiro atoms. The Morgan fingerprint density at radius 1 is 1.15 bits per heavy atom. The van der Waals surface area contributed by atoms with Gasteiger partial charge in [0.1, 0.15) is 11.0 Å². The first kappa shape index (κ1) is 12.6. The normalized spacial score (nSPS) is 10.8. The van der Waals surface area contributed by atoms with Gasteiger partial charge in [-0.25, -0.2) is 4.79 Å². The predicted molar refractivity (Wildman–Crippen MR) is 75.0 cm³/mol. The number of carbonyl (C=O) groups is 1. The second-order valence-corrected chi connectivity index (χ2v) is 4.81. The SMILES string of the molecule is O=C(O)c1cccc(Cn2nc3ccc(Cl)cc3n2)c1. The van der Waals surface area contributed by atoms with Crippen LogP contribution < -0.4 is 0 Å². The molecule has 0 fully saturated rings. The number of halogens is 1. The number of hydrogen-bond donors (Lipinski definition) is 1. The lowest BCUT2D eigenvalue weighted by molar-refractivity contribution is 0.0696. The Bertz CT molecular complexity index is 798. The number of rotatable bonds is 3. The fourth-order valence-corrected chi connectivity index (χ4v) is 2.14. The van der Waals surface area contributed by atoms with Crippen molar-refractivity contribution >= 4 is 28.6 Å². The molecule has 0 bridgehead atoms. The molecular formula is C14H10ClN3O2. The molecule has 3 aromatic rings. The monoisotopic (exact) mass is 287 g/mol. The molecule has 100 valence electrons. The van der Waals surface area contributed by atoms with Crippen molar-refractivity contribution in [1.82, 2.24) is 15.0 Å². The van der Waals surface area contributed by atoms with Gasteiger partial charge < -0.3 is 5.11 Å². The van der Waals surface area contributed by atoms with Gasteiger partial charge in [0, 0.05) is 5.02 Å². The number of hydrogen-bond acceptors (Lipinski definition) is 3. The highest BCUT2D eigenvalue weighted by molar-refractivity contribution is 6.31. The van der Waals surface area contributed by atoms with Crippen molar-refractivity contribution in [2.45, 2.75) is 6.54 Å². The third-order valence-corrected chi connectivity index (χ3v) is 3.12. The molecule has 1 heterocycles. The Morgan fingerprint density at radius 3 is 2.75 bits per heavy atom. The summed E-state index contributed by atoms with van der Waals surface area (Å²) < 4.78 is 0. The Morgan fingerprint density at radius 2 is 1.95 bits per heavy atom. The van der Waals surface area contributed by atoms with E-state index < -0.39 is 5.97 Å². The largest absolute Gasteiger partial charge is 0.478 e. The smallest absolute Gasteiger partial charge is 0.335 e. The lowest BCUT2D eigenvalue weighted by Crippen LogP contribution is -2.05. The van der Waals surface area contributed by atoms with Crippen LogP contribution in [-0.2, 0) is 6.54 Å². The predicted octanol–water partition coefficient (Wildman–Crippen LogP) is 2.83. The van der Waals surface area contributed by atoms with Crippen LogP contribution in [-0.4, -0.2) is 26.1 Å². The number of aromatic carboxylic acids is 1. The molecule has 0 unspecified atom stereocenters. The van der Waals surface area contributed by atoms with E-state index in [4.69, 9.17) is 16.7 Å². The van der Waals surface area contributed by atoms with Crippen molar-refractivity contribution in [2.75, 3.05) is 0 Å². The number of carboxylic acid groups (broad SMARTS) is 1. The topological polar surface area (TPSA) is 68.0 Å². The molecule has 6 heteroatoms. The first-order chi connectivity index (χ1) is 9.61. The molecule has 1 N–H and O–H groups in total. The van der Waals surface area contributed by atoms with E-state index in [0.29, 0.717) is 17.1 Å². The number of benzene rings is 2. The van der Waals surface area contributed by atoms with E-state index in [1.807, 2.05) is 6.07 Å². The quantitative estimate of drug-likeness (QED) is 0.804. The molecule has 0 aliphatic carbocycles. The maximum Gasteiger partial charge on any atom is 0.335 e. The van der Waals surface area contributed by atoms with Gasteiger partial charge in [-0.15, -0.1) is 0 Å². The summed E-state index contributed by atoms with van der Waals surface area (Å²) >= 11 is 5.90. The summed E-state index contributed by atoms with van der Waals surface area (Å²) in [5.41, 5.74) is 2.55. The lowest BCUT2D eigenvalue weighted by atomic mass is 10.1. The van der Waals surface area contributed by atoms with Crippen molar-refractivity contribution in [1.29, 1.82) is 0 Å². The zero-order valence-corrected chi connectivity index (χ0v) is 11.1. The van der Waals surface area contributed by atoms with Crippen molar-refractivity contribution < 1.29 is 9.90 Å². The van der Waals surface area contributed by atoms with Crippen molar-refractivity contribution in [3.63, 3.8) is 0 Å². The van der Waals surface area contributed by atoms with Gasteiger partial charge in [-0.2, -0.15) is 15.0 Å². The highest BCUT2D eigenvalue weighted by atomic mass is 35.5. The van der Waals surface area contributed by atoms with E-state index in [1.165, 1.54) is 4.80 Å². The van der Waals surface area contributed by atoms with Gasteiger partial charge in [0.05, 0.1) is 12.1 Å². The van der Waals surface area contributed by atoms with Crippen molar-refractivity contribution in [3.8, 4) is 0 Å². The highest BCUT2D eigenvalue weighted by Gasteiger charge is 2.06. The summed E-state index contributed by atoms with van der Waals surface area (Å²) in [6, 6.07) is 12.0. The van der Waals surface area contributed by atoms with Crippen LogP contribution in [0.4, 0.5) is 0 Å². The average molecular weight is 288 g/mol. The van der Waals surface area contributed by atoms with Gasteiger partial charge in [-0.05, 0) is 35.9 Å². The number of fused-ring (bicyclic) bond motifs is 1. The van der Waals surface area contributed by atoms with Gasteiger partial charge in [0.25, 0.3) is 0 Å². The van der Waals surface area contributed by atoms with Gasteiger partial charge in [-0.3, -0.25) is 0 Å². The average Bonchev–Trinajstić information content (AvgIpc) is 2.80. The molecule has 1 aromatic heterocycles. The van der Waals surface area contributed by atoms with Crippen molar-refractivity contribution in [3.05, 3.63) is 58.6 Å². The van der Waals surface area contributed by atoms with E-state index >= 15 is 0 Å². The summed E-state index contributed by atoms with van der Waals surface area (Å²) in [5, 5.41) is 18.2. The van der Waals surface area contributed by atoms with Gasteiger partial charge in [-0.1, -0.05) is 23.7 Å². The third kappa shape index (κ3) is 2.48. The Labute approximate surface area is 119 Å². The summed E-state index contributed by atoms with van der Waals surface area (Å²) in [4.78, 5) is 12.5. The Balaban J connectivity index is 1.92. The minimum absolute atomic E-state index is 0.252. The summed E-state index contributed by atoms with van der Waals surface area (Å²) in [6.45, 7) is 0.410. The molecular weight excluding hydrogens is 278 g/mol. The first-order valence-electron chi connectivity index (χ1n) is 5.94. The van der Waals surface area contributed by atoms with Gasteiger partial charge in [0.2, 0.25) is 0 Å². The lowest BCUT2D eigenvalue weighted by Gasteiger charge is -2.01.